The standard InChI is InChI=1S/C32H41ClN2O5S/c1-20-6-7-22-16-28(22)32(2,37)27-12-9-24(27)18-35-14-4-3-5-21-15-26(33)11-8-25(21)19-40-30-13-10-23(17-29(30)35)31(36)34-41(20,38)39/h8,10-11,13,15,17,20,22,24,27-28,37H,3-7,9,12,14,16,18-19H2,1-2H3,(H,34,36)/t20-,22-,24+,27-,28-,32+/m1/s1. The van der Waals surface area contributed by atoms with E-state index in [9.17, 15) is 18.3 Å². The second-order valence-electron chi connectivity index (χ2n) is 12.9. The lowest BCUT2D eigenvalue weighted by Crippen LogP contribution is -2.51. The fourth-order valence-corrected chi connectivity index (χ4v) is 8.59. The Bertz CT molecular complexity index is 1430. The Kier molecular flexibility index (Phi) is 7.79. The van der Waals surface area contributed by atoms with Crippen molar-refractivity contribution in [2.24, 2.45) is 23.7 Å². The van der Waals surface area contributed by atoms with E-state index in [1.54, 1.807) is 25.1 Å². The molecule has 2 fully saturated rings. The van der Waals surface area contributed by atoms with Crippen LogP contribution in [0.2, 0.25) is 5.02 Å². The maximum atomic E-state index is 13.3. The maximum Gasteiger partial charge on any atom is 0.264 e. The van der Waals surface area contributed by atoms with Crippen molar-refractivity contribution in [2.75, 3.05) is 18.0 Å². The van der Waals surface area contributed by atoms with Gasteiger partial charge >= 0.3 is 0 Å². The number of ether oxygens (including phenoxy) is 1. The van der Waals surface area contributed by atoms with Gasteiger partial charge in [0.15, 0.2) is 0 Å². The summed E-state index contributed by atoms with van der Waals surface area (Å²) in [5, 5.41) is 11.8. The summed E-state index contributed by atoms with van der Waals surface area (Å²) in [6, 6.07) is 11.1. The van der Waals surface area contributed by atoms with Gasteiger partial charge in [-0.3, -0.25) is 4.79 Å². The summed E-state index contributed by atoms with van der Waals surface area (Å²) in [6.45, 7) is 5.56. The highest BCUT2D eigenvalue weighted by molar-refractivity contribution is 7.90. The number of hydrogen-bond acceptors (Lipinski definition) is 6. The van der Waals surface area contributed by atoms with Crippen molar-refractivity contribution in [1.82, 2.24) is 4.72 Å². The highest BCUT2D eigenvalue weighted by atomic mass is 35.5. The largest absolute Gasteiger partial charge is 0.487 e. The van der Waals surface area contributed by atoms with Crippen LogP contribution in [0.4, 0.5) is 5.69 Å². The van der Waals surface area contributed by atoms with Crippen molar-refractivity contribution in [2.45, 2.75) is 82.7 Å². The molecule has 7 nitrogen and oxygen atoms in total. The molecule has 222 valence electrons. The van der Waals surface area contributed by atoms with Crippen LogP contribution in [0.15, 0.2) is 36.4 Å². The Morgan fingerprint density at radius 3 is 2.61 bits per heavy atom. The molecule has 2 N–H and O–H groups in total. The topological polar surface area (TPSA) is 95.9 Å². The smallest absolute Gasteiger partial charge is 0.264 e. The summed E-state index contributed by atoms with van der Waals surface area (Å²) in [4.78, 5) is 15.6. The molecule has 0 saturated heterocycles. The minimum Gasteiger partial charge on any atom is -0.487 e. The van der Waals surface area contributed by atoms with E-state index in [-0.39, 0.29) is 11.8 Å². The van der Waals surface area contributed by atoms with Crippen molar-refractivity contribution in [3.05, 3.63) is 58.1 Å². The molecule has 2 heterocycles. The summed E-state index contributed by atoms with van der Waals surface area (Å²) in [7, 11) is -3.85. The van der Waals surface area contributed by atoms with Gasteiger partial charge < -0.3 is 14.7 Å². The summed E-state index contributed by atoms with van der Waals surface area (Å²) >= 11 is 6.31. The molecule has 6 rings (SSSR count). The number of amides is 1. The van der Waals surface area contributed by atoms with Crippen LogP contribution in [-0.4, -0.2) is 43.4 Å². The van der Waals surface area contributed by atoms with Gasteiger partial charge in [-0.2, -0.15) is 0 Å². The Morgan fingerprint density at radius 1 is 1.02 bits per heavy atom. The number of fused-ring (bicyclic) bond motifs is 4. The van der Waals surface area contributed by atoms with Gasteiger partial charge in [0.1, 0.15) is 12.4 Å². The average molecular weight is 601 g/mol. The lowest BCUT2D eigenvalue weighted by atomic mass is 9.63. The minimum atomic E-state index is -3.85. The number of benzene rings is 2. The van der Waals surface area contributed by atoms with E-state index in [1.807, 2.05) is 25.1 Å². The molecule has 0 spiro atoms. The number of sulfonamides is 1. The molecule has 2 aliphatic heterocycles. The Balaban J connectivity index is 1.38. The minimum absolute atomic E-state index is 0.197. The van der Waals surface area contributed by atoms with Gasteiger partial charge in [-0.25, -0.2) is 13.1 Å². The van der Waals surface area contributed by atoms with E-state index in [4.69, 9.17) is 16.3 Å². The molecule has 9 heteroatoms. The maximum absolute atomic E-state index is 13.3. The van der Waals surface area contributed by atoms with Gasteiger partial charge in [-0.1, -0.05) is 17.7 Å². The molecule has 2 bridgehead atoms. The van der Waals surface area contributed by atoms with Crippen molar-refractivity contribution in [3.63, 3.8) is 0 Å². The summed E-state index contributed by atoms with van der Waals surface area (Å²) in [5.74, 6) is 1.11. The van der Waals surface area contributed by atoms with Crippen LogP contribution >= 0.6 is 11.6 Å². The number of carbonyl (C=O) groups excluding carboxylic acids is 1. The molecular formula is C32H41ClN2O5S. The third kappa shape index (κ3) is 5.84. The third-order valence-electron chi connectivity index (χ3n) is 10.2. The van der Waals surface area contributed by atoms with Gasteiger partial charge in [-0.05, 0) is 130 Å². The highest BCUT2D eigenvalue weighted by Gasteiger charge is 2.56. The molecule has 0 radical (unpaired) electrons. The monoisotopic (exact) mass is 600 g/mol. The molecule has 41 heavy (non-hydrogen) atoms. The number of rotatable bonds is 0. The first-order valence-corrected chi connectivity index (χ1v) is 17.0. The quantitative estimate of drug-likeness (QED) is 0.402. The molecule has 2 aromatic carbocycles. The van der Waals surface area contributed by atoms with Crippen molar-refractivity contribution < 1.29 is 23.1 Å². The van der Waals surface area contributed by atoms with E-state index in [2.05, 4.69) is 9.62 Å². The zero-order valence-corrected chi connectivity index (χ0v) is 25.5. The molecular weight excluding hydrogens is 560 g/mol. The van der Waals surface area contributed by atoms with Crippen LogP contribution < -0.4 is 14.4 Å². The summed E-state index contributed by atoms with van der Waals surface area (Å²) in [5.41, 5.74) is 2.59. The Labute approximate surface area is 248 Å². The van der Waals surface area contributed by atoms with Crippen molar-refractivity contribution in [1.29, 1.82) is 0 Å². The zero-order valence-electron chi connectivity index (χ0n) is 23.9. The van der Waals surface area contributed by atoms with Gasteiger partial charge in [0.05, 0.1) is 16.5 Å². The van der Waals surface area contributed by atoms with Gasteiger partial charge in [-0.15, -0.1) is 0 Å². The molecule has 2 saturated carbocycles. The van der Waals surface area contributed by atoms with Gasteiger partial charge in [0.25, 0.3) is 5.91 Å². The molecule has 0 unspecified atom stereocenters. The molecule has 6 atom stereocenters. The first kappa shape index (κ1) is 28.8. The zero-order chi connectivity index (χ0) is 28.9. The van der Waals surface area contributed by atoms with E-state index < -0.39 is 26.8 Å². The van der Waals surface area contributed by atoms with E-state index in [1.165, 1.54) is 5.56 Å². The predicted octanol–water partition coefficient (Wildman–Crippen LogP) is 5.72. The van der Waals surface area contributed by atoms with Gasteiger partial charge in [0.2, 0.25) is 10.0 Å². The van der Waals surface area contributed by atoms with Crippen LogP contribution in [0.25, 0.3) is 0 Å². The van der Waals surface area contributed by atoms with Crippen LogP contribution in [0, 0.1) is 23.7 Å². The van der Waals surface area contributed by atoms with Crippen LogP contribution in [-0.2, 0) is 23.1 Å². The van der Waals surface area contributed by atoms with E-state index >= 15 is 0 Å². The van der Waals surface area contributed by atoms with Crippen molar-refractivity contribution >= 4 is 33.2 Å². The lowest BCUT2D eigenvalue weighted by Gasteiger charge is -2.48. The molecule has 0 aromatic heterocycles. The normalized spacial score (nSPS) is 33.4. The third-order valence-corrected chi connectivity index (χ3v) is 12.2. The lowest BCUT2D eigenvalue weighted by molar-refractivity contribution is -0.0867. The fourth-order valence-electron chi connectivity index (χ4n) is 7.37. The SMILES string of the molecule is C[C@@H]1CC[C@@H]2C[C@H]2[C@@](C)(O)[C@@H]2CC[C@H]2CN2CCCCc3cc(Cl)ccc3COc3ccc(cc32)C(=O)NS1(=O)=O. The van der Waals surface area contributed by atoms with Crippen LogP contribution in [0.1, 0.15) is 80.3 Å². The van der Waals surface area contributed by atoms with Crippen LogP contribution in [0.3, 0.4) is 0 Å². The number of hydrogen-bond donors (Lipinski definition) is 2. The number of aryl methyl sites for hydroxylation is 1. The van der Waals surface area contributed by atoms with E-state index in [0.717, 1.165) is 69.3 Å². The number of nitrogens with one attached hydrogen (secondary N) is 1. The summed E-state index contributed by atoms with van der Waals surface area (Å²) < 4.78 is 34.9. The first-order chi connectivity index (χ1) is 19.5. The fraction of sp³-hybridized carbons (Fsp3) is 0.594. The van der Waals surface area contributed by atoms with Gasteiger partial charge in [0, 0.05) is 23.7 Å². The number of halogens is 1. The summed E-state index contributed by atoms with van der Waals surface area (Å²) in [6.07, 6.45) is 7.01. The molecule has 4 aliphatic rings. The first-order valence-electron chi connectivity index (χ1n) is 15.1. The number of anilines is 1. The number of aliphatic hydroxyl groups is 1. The molecule has 2 aromatic rings. The average Bonchev–Trinajstić information content (AvgIpc) is 3.70. The Morgan fingerprint density at radius 2 is 1.83 bits per heavy atom. The molecule has 2 aliphatic carbocycles. The van der Waals surface area contributed by atoms with E-state index in [0.29, 0.717) is 41.2 Å². The van der Waals surface area contributed by atoms with Crippen molar-refractivity contribution in [3.8, 4) is 5.75 Å². The number of nitrogens with zero attached hydrogens (tertiary/aromatic N) is 1. The van der Waals surface area contributed by atoms with Crippen LogP contribution in [0.5, 0.6) is 5.75 Å². The Hall–Kier alpha value is -2.29. The highest BCUT2D eigenvalue weighted by Crippen LogP contribution is 2.57. The predicted molar refractivity (Wildman–Crippen MR) is 161 cm³/mol. The second-order valence-corrected chi connectivity index (χ2v) is 15.5. The molecule has 1 amide bonds. The number of carbonyl (C=O) groups is 1. The second kappa shape index (κ2) is 11.1.